The summed E-state index contributed by atoms with van der Waals surface area (Å²) in [5.41, 5.74) is -3.02. The minimum Gasteiger partial charge on any atom is -0.382 e. The molecular formula is C8H7N5O8. The largest absolute Gasteiger partial charge is 0.479 e. The fraction of sp³-hybridized carbons (Fsp3) is 0.250. The number of nitro groups is 4. The third-order valence-electron chi connectivity index (χ3n) is 2.47. The van der Waals surface area contributed by atoms with Gasteiger partial charge in [0.05, 0.1) is 15.9 Å². The van der Waals surface area contributed by atoms with Crippen LogP contribution in [-0.4, -0.2) is 26.7 Å². The molecule has 0 radical (unpaired) electrons. The fourth-order valence-electron chi connectivity index (χ4n) is 1.66. The van der Waals surface area contributed by atoms with Gasteiger partial charge in [0.15, 0.2) is 0 Å². The average Bonchev–Trinajstić information content (AvgIpc) is 2.36. The van der Waals surface area contributed by atoms with E-state index in [1.807, 2.05) is 0 Å². The van der Waals surface area contributed by atoms with E-state index in [1.165, 1.54) is 0 Å². The van der Waals surface area contributed by atoms with Crippen LogP contribution in [0.5, 0.6) is 0 Å². The normalized spacial score (nSPS) is 10.2. The highest BCUT2D eigenvalue weighted by Crippen LogP contribution is 2.37. The van der Waals surface area contributed by atoms with Crippen molar-refractivity contribution < 1.29 is 19.7 Å². The second kappa shape index (κ2) is 5.72. The van der Waals surface area contributed by atoms with E-state index in [1.54, 1.807) is 0 Å². The molecule has 112 valence electrons. The quantitative estimate of drug-likeness (QED) is 0.456. The highest BCUT2D eigenvalue weighted by molar-refractivity contribution is 5.70. The molecule has 0 heterocycles. The first-order valence-corrected chi connectivity index (χ1v) is 5.12. The summed E-state index contributed by atoms with van der Waals surface area (Å²) in [5.74, 6) is 0. The number of nitrogens with one attached hydrogen (secondary N) is 1. The molecule has 0 aromatic heterocycles. The molecule has 0 amide bonds. The van der Waals surface area contributed by atoms with Crippen molar-refractivity contribution in [3.05, 3.63) is 58.2 Å². The second-order valence-corrected chi connectivity index (χ2v) is 3.64. The van der Waals surface area contributed by atoms with Gasteiger partial charge < -0.3 is 5.32 Å². The molecule has 0 aliphatic heterocycles. The lowest BCUT2D eigenvalue weighted by Gasteiger charge is -2.09. The lowest BCUT2D eigenvalue weighted by atomic mass is 10.1. The smallest absolute Gasteiger partial charge is 0.382 e. The minimum absolute atomic E-state index is 0.524. The van der Waals surface area contributed by atoms with E-state index in [0.717, 1.165) is 7.05 Å². The van der Waals surface area contributed by atoms with Gasteiger partial charge in [0, 0.05) is 13.1 Å². The van der Waals surface area contributed by atoms with Crippen molar-refractivity contribution in [2.24, 2.45) is 0 Å². The molecule has 1 aromatic rings. The Morgan fingerprint density at radius 3 is 1.81 bits per heavy atom. The Kier molecular flexibility index (Phi) is 4.27. The number of anilines is 1. The number of nitrogens with zero attached hydrogens (tertiary/aromatic N) is 4. The molecular weight excluding hydrogens is 294 g/mol. The van der Waals surface area contributed by atoms with Gasteiger partial charge in [0.2, 0.25) is 0 Å². The van der Waals surface area contributed by atoms with Crippen molar-refractivity contribution in [1.82, 2.24) is 0 Å². The van der Waals surface area contributed by atoms with Crippen molar-refractivity contribution in [1.29, 1.82) is 0 Å². The van der Waals surface area contributed by atoms with Crippen LogP contribution in [0.15, 0.2) is 12.1 Å². The van der Waals surface area contributed by atoms with Crippen LogP contribution in [0.25, 0.3) is 0 Å². The zero-order chi connectivity index (χ0) is 16.3. The first-order chi connectivity index (χ1) is 9.70. The van der Waals surface area contributed by atoms with Gasteiger partial charge in [-0.25, -0.2) is 0 Å². The fourth-order valence-corrected chi connectivity index (χ4v) is 1.66. The second-order valence-electron chi connectivity index (χ2n) is 3.64. The van der Waals surface area contributed by atoms with Crippen LogP contribution in [0.4, 0.5) is 17.1 Å². The maximum absolute atomic E-state index is 10.9. The zero-order valence-corrected chi connectivity index (χ0v) is 10.3. The number of benzene rings is 1. The number of hydrogen-bond acceptors (Lipinski definition) is 9. The predicted octanol–water partition coefficient (Wildman–Crippen LogP) is 1.10. The third-order valence-corrected chi connectivity index (χ3v) is 2.47. The van der Waals surface area contributed by atoms with Gasteiger partial charge in [0.1, 0.15) is 21.1 Å². The van der Waals surface area contributed by atoms with E-state index in [9.17, 15) is 40.5 Å². The molecule has 13 heteroatoms. The maximum Gasteiger partial charge on any atom is 0.479 e. The monoisotopic (exact) mass is 301 g/mol. The Labute approximate surface area is 114 Å². The molecule has 0 aliphatic carbocycles. The van der Waals surface area contributed by atoms with Gasteiger partial charge in [-0.1, -0.05) is 0 Å². The summed E-state index contributed by atoms with van der Waals surface area (Å²) < 4.78 is 0. The number of rotatable bonds is 6. The molecule has 0 fully saturated rings. The van der Waals surface area contributed by atoms with Gasteiger partial charge in [-0.2, -0.15) is 0 Å². The van der Waals surface area contributed by atoms with Crippen molar-refractivity contribution in [3.8, 4) is 0 Å². The van der Waals surface area contributed by atoms with Crippen molar-refractivity contribution >= 4 is 17.1 Å². The van der Waals surface area contributed by atoms with E-state index in [0.29, 0.717) is 12.1 Å². The maximum atomic E-state index is 10.9. The molecule has 0 spiro atoms. The van der Waals surface area contributed by atoms with Gasteiger partial charge in [0.25, 0.3) is 11.4 Å². The van der Waals surface area contributed by atoms with Gasteiger partial charge in [-0.15, -0.1) is 0 Å². The van der Waals surface area contributed by atoms with E-state index in [4.69, 9.17) is 0 Å². The summed E-state index contributed by atoms with van der Waals surface area (Å²) in [4.78, 5) is 38.5. The van der Waals surface area contributed by atoms with Crippen LogP contribution in [0, 0.1) is 40.5 Å². The van der Waals surface area contributed by atoms with Crippen molar-refractivity contribution in [2.75, 3.05) is 12.4 Å². The summed E-state index contributed by atoms with van der Waals surface area (Å²) in [5, 5.41) is 45.4. The Morgan fingerprint density at radius 1 is 0.952 bits per heavy atom. The summed E-state index contributed by atoms with van der Waals surface area (Å²) in [6.07, 6.45) is -2.56. The first kappa shape index (κ1) is 15.7. The molecule has 0 bridgehead atoms. The Bertz CT molecular complexity index is 630. The van der Waals surface area contributed by atoms with Crippen LogP contribution >= 0.6 is 0 Å². The molecule has 0 saturated carbocycles. The third kappa shape index (κ3) is 2.96. The van der Waals surface area contributed by atoms with Crippen molar-refractivity contribution in [3.63, 3.8) is 0 Å². The van der Waals surface area contributed by atoms with Gasteiger partial charge in [-0.3, -0.25) is 40.5 Å². The lowest BCUT2D eigenvalue weighted by Crippen LogP contribution is -2.21. The summed E-state index contributed by atoms with van der Waals surface area (Å²) in [6.45, 7) is 0. The highest BCUT2D eigenvalue weighted by Gasteiger charge is 2.41. The molecule has 0 saturated heterocycles. The van der Waals surface area contributed by atoms with Gasteiger partial charge >= 0.3 is 6.17 Å². The SMILES string of the molecule is CNc1c(C([N+](=O)[O-])[N+](=O)[O-])cc([N+](=O)[O-])cc1[N+](=O)[O-]. The number of nitro benzene ring substituents is 2. The van der Waals surface area contributed by atoms with Gasteiger partial charge in [-0.05, 0) is 0 Å². The predicted molar refractivity (Wildman–Crippen MR) is 66.0 cm³/mol. The van der Waals surface area contributed by atoms with Crippen LogP contribution < -0.4 is 5.32 Å². The van der Waals surface area contributed by atoms with E-state index in [-0.39, 0.29) is 0 Å². The number of non-ortho nitro benzene ring substituents is 1. The molecule has 0 unspecified atom stereocenters. The zero-order valence-electron chi connectivity index (χ0n) is 10.3. The summed E-state index contributed by atoms with van der Waals surface area (Å²) in [6, 6.07) is 1.13. The first-order valence-electron chi connectivity index (χ1n) is 5.12. The Hall–Kier alpha value is -3.38. The molecule has 1 N–H and O–H groups in total. The molecule has 0 atom stereocenters. The lowest BCUT2D eigenvalue weighted by molar-refractivity contribution is -0.752. The molecule has 13 nitrogen and oxygen atoms in total. The van der Waals surface area contributed by atoms with E-state index in [2.05, 4.69) is 5.32 Å². The Balaban J connectivity index is 3.76. The highest BCUT2D eigenvalue weighted by atomic mass is 16.7. The van der Waals surface area contributed by atoms with Crippen LogP contribution in [-0.2, 0) is 0 Å². The van der Waals surface area contributed by atoms with Crippen molar-refractivity contribution in [2.45, 2.75) is 6.17 Å². The van der Waals surface area contributed by atoms with E-state index < -0.39 is 48.5 Å². The standard InChI is InChI=1S/C8H7N5O8/c1-9-7-5(8(12(18)19)13(20)21)2-4(10(14)15)3-6(7)11(16)17/h2-3,8-9H,1H3. The summed E-state index contributed by atoms with van der Waals surface area (Å²) >= 11 is 0. The molecule has 0 aliphatic rings. The molecule has 1 rings (SSSR count). The topological polar surface area (TPSA) is 185 Å². The van der Waals surface area contributed by atoms with Crippen LogP contribution in [0.2, 0.25) is 0 Å². The van der Waals surface area contributed by atoms with Crippen LogP contribution in [0.1, 0.15) is 11.7 Å². The summed E-state index contributed by atoms with van der Waals surface area (Å²) in [7, 11) is 1.15. The molecule has 21 heavy (non-hydrogen) atoms. The minimum atomic E-state index is -2.56. The molecule has 1 aromatic carbocycles. The van der Waals surface area contributed by atoms with E-state index >= 15 is 0 Å². The average molecular weight is 301 g/mol. The van der Waals surface area contributed by atoms with Crippen LogP contribution in [0.3, 0.4) is 0 Å². The number of hydrogen-bond donors (Lipinski definition) is 1. The Morgan fingerprint density at radius 2 is 1.48 bits per heavy atom.